The maximum atomic E-state index is 11.4. The minimum atomic E-state index is -0.332. The average molecular weight is 446 g/mol. The van der Waals surface area contributed by atoms with E-state index in [1.54, 1.807) is 26.0 Å². The molecule has 6 nitrogen and oxygen atoms in total. The average Bonchev–Trinajstić information content (AvgIpc) is 3.25. The maximum Gasteiger partial charge on any atom is 0.330 e. The van der Waals surface area contributed by atoms with Crippen molar-refractivity contribution in [2.75, 3.05) is 13.2 Å². The molecule has 0 bridgehead atoms. The molecule has 0 aliphatic heterocycles. The number of ether oxygens (including phenoxy) is 2. The highest BCUT2D eigenvalue weighted by molar-refractivity contribution is 5.87. The van der Waals surface area contributed by atoms with Crippen molar-refractivity contribution in [2.45, 2.75) is 26.9 Å². The molecule has 0 aliphatic carbocycles. The second-order valence-electron chi connectivity index (χ2n) is 7.41. The Labute approximate surface area is 194 Å². The Hall–Kier alpha value is -3.93. The van der Waals surface area contributed by atoms with E-state index in [9.17, 15) is 9.59 Å². The predicted octanol–water partition coefficient (Wildman–Crippen LogP) is 4.02. The van der Waals surface area contributed by atoms with Gasteiger partial charge in [-0.3, -0.25) is 0 Å². The molecule has 1 heterocycles. The van der Waals surface area contributed by atoms with Gasteiger partial charge in [0.15, 0.2) is 0 Å². The summed E-state index contributed by atoms with van der Waals surface area (Å²) in [6.07, 6.45) is 12.6. The quantitative estimate of drug-likeness (QED) is 0.269. The minimum absolute atomic E-state index is 0.332. The molecule has 0 atom stereocenters. The van der Waals surface area contributed by atoms with Crippen LogP contribution in [0.25, 0.3) is 12.2 Å². The third-order valence-corrected chi connectivity index (χ3v) is 4.83. The lowest BCUT2D eigenvalue weighted by Gasteiger charge is -2.01. The van der Waals surface area contributed by atoms with Crippen LogP contribution in [0.5, 0.6) is 0 Å². The molecule has 6 heteroatoms. The lowest BCUT2D eigenvalue weighted by molar-refractivity contribution is -0.687. The zero-order chi connectivity index (χ0) is 23.5. The van der Waals surface area contributed by atoms with Crippen LogP contribution in [-0.4, -0.2) is 29.7 Å². The minimum Gasteiger partial charge on any atom is -0.463 e. The maximum absolute atomic E-state index is 11.4. The number of benzene rings is 2. The highest BCUT2D eigenvalue weighted by Crippen LogP contribution is 2.09. The number of aromatic nitrogens is 2. The first-order chi connectivity index (χ1) is 16.1. The fourth-order valence-electron chi connectivity index (χ4n) is 3.23. The molecule has 0 saturated heterocycles. The van der Waals surface area contributed by atoms with E-state index in [4.69, 9.17) is 9.47 Å². The summed E-state index contributed by atoms with van der Waals surface area (Å²) in [5, 5.41) is 0. The fraction of sp³-hybridized carbons (Fsp3) is 0.222. The molecule has 3 aromatic rings. The summed E-state index contributed by atoms with van der Waals surface area (Å²) in [6, 6.07) is 16.2. The third kappa shape index (κ3) is 7.92. The molecule has 33 heavy (non-hydrogen) atoms. The van der Waals surface area contributed by atoms with E-state index in [-0.39, 0.29) is 11.9 Å². The zero-order valence-electron chi connectivity index (χ0n) is 19.0. The number of nitrogens with zero attached hydrogens (tertiary/aromatic N) is 2. The lowest BCUT2D eigenvalue weighted by Crippen LogP contribution is -2.31. The van der Waals surface area contributed by atoms with Crippen molar-refractivity contribution in [3.8, 4) is 0 Å². The first kappa shape index (κ1) is 23.7. The van der Waals surface area contributed by atoms with Gasteiger partial charge in [0, 0.05) is 12.2 Å². The first-order valence-corrected chi connectivity index (χ1v) is 11.0. The Morgan fingerprint density at radius 1 is 0.818 bits per heavy atom. The second-order valence-corrected chi connectivity index (χ2v) is 7.41. The number of hydrogen-bond acceptors (Lipinski definition) is 4. The summed E-state index contributed by atoms with van der Waals surface area (Å²) >= 11 is 0. The SMILES string of the molecule is CCOC(=O)/C=C/c1ccc(Cn2cc[n+](Cc3ccc(/C=C/C(=O)OCC)cc3)c2)cc1. The number of imidazole rings is 1. The molecular weight excluding hydrogens is 416 g/mol. The summed E-state index contributed by atoms with van der Waals surface area (Å²) in [5.74, 6) is -0.664. The third-order valence-electron chi connectivity index (χ3n) is 4.83. The van der Waals surface area contributed by atoms with E-state index in [2.05, 4.69) is 39.7 Å². The molecule has 0 fully saturated rings. The van der Waals surface area contributed by atoms with Crippen molar-refractivity contribution in [1.29, 1.82) is 0 Å². The van der Waals surface area contributed by atoms with Crippen LogP contribution in [0.3, 0.4) is 0 Å². The Balaban J connectivity index is 1.54. The van der Waals surface area contributed by atoms with Crippen LogP contribution < -0.4 is 4.57 Å². The van der Waals surface area contributed by atoms with E-state index in [0.717, 1.165) is 24.2 Å². The van der Waals surface area contributed by atoms with Crippen molar-refractivity contribution in [3.63, 3.8) is 0 Å². The van der Waals surface area contributed by atoms with Crippen LogP contribution in [0.1, 0.15) is 36.1 Å². The van der Waals surface area contributed by atoms with Crippen molar-refractivity contribution in [2.24, 2.45) is 0 Å². The molecule has 0 amide bonds. The number of hydrogen-bond donors (Lipinski definition) is 0. The summed E-state index contributed by atoms with van der Waals surface area (Å²) in [6.45, 7) is 5.83. The molecule has 0 spiro atoms. The van der Waals surface area contributed by atoms with E-state index >= 15 is 0 Å². The van der Waals surface area contributed by atoms with Crippen LogP contribution in [0.4, 0.5) is 0 Å². The van der Waals surface area contributed by atoms with Gasteiger partial charge in [0.05, 0.1) is 13.2 Å². The van der Waals surface area contributed by atoms with Gasteiger partial charge in [-0.25, -0.2) is 18.7 Å². The van der Waals surface area contributed by atoms with Crippen molar-refractivity contribution >= 4 is 24.1 Å². The van der Waals surface area contributed by atoms with E-state index in [1.165, 1.54) is 23.3 Å². The van der Waals surface area contributed by atoms with Crippen LogP contribution in [0, 0.1) is 0 Å². The van der Waals surface area contributed by atoms with Gasteiger partial charge in [0.2, 0.25) is 6.33 Å². The summed E-state index contributed by atoms with van der Waals surface area (Å²) in [4.78, 5) is 22.8. The molecule has 170 valence electrons. The Morgan fingerprint density at radius 2 is 1.33 bits per heavy atom. The highest BCUT2D eigenvalue weighted by atomic mass is 16.5. The monoisotopic (exact) mass is 445 g/mol. The molecule has 1 aromatic heterocycles. The molecule has 0 unspecified atom stereocenters. The lowest BCUT2D eigenvalue weighted by atomic mass is 10.1. The van der Waals surface area contributed by atoms with E-state index < -0.39 is 0 Å². The second kappa shape index (κ2) is 12.2. The largest absolute Gasteiger partial charge is 0.463 e. The molecule has 0 aliphatic rings. The van der Waals surface area contributed by atoms with E-state index in [0.29, 0.717) is 13.2 Å². The Bertz CT molecular complexity index is 1020. The van der Waals surface area contributed by atoms with Crippen molar-refractivity contribution in [3.05, 3.63) is 102 Å². The summed E-state index contributed by atoms with van der Waals surface area (Å²) < 4.78 is 14.0. The number of carbonyl (C=O) groups excluding carboxylic acids is 2. The zero-order valence-corrected chi connectivity index (χ0v) is 19.0. The van der Waals surface area contributed by atoms with E-state index in [1.807, 2.05) is 36.7 Å². The molecule has 0 radical (unpaired) electrons. The number of rotatable bonds is 10. The molecule has 2 aromatic carbocycles. The smallest absolute Gasteiger partial charge is 0.330 e. The van der Waals surface area contributed by atoms with Gasteiger partial charge < -0.3 is 9.47 Å². The van der Waals surface area contributed by atoms with Crippen LogP contribution in [0.2, 0.25) is 0 Å². The van der Waals surface area contributed by atoms with Crippen LogP contribution in [0.15, 0.2) is 79.4 Å². The normalized spacial score (nSPS) is 11.2. The van der Waals surface area contributed by atoms with Gasteiger partial charge in [-0.05, 0) is 48.3 Å². The van der Waals surface area contributed by atoms with Crippen molar-refractivity contribution < 1.29 is 23.6 Å². The molecule has 0 saturated carbocycles. The van der Waals surface area contributed by atoms with Crippen molar-refractivity contribution in [1.82, 2.24) is 4.57 Å². The van der Waals surface area contributed by atoms with Gasteiger partial charge in [-0.15, -0.1) is 0 Å². The highest BCUT2D eigenvalue weighted by Gasteiger charge is 2.06. The summed E-state index contributed by atoms with van der Waals surface area (Å²) in [7, 11) is 0. The predicted molar refractivity (Wildman–Crippen MR) is 127 cm³/mol. The fourth-order valence-corrected chi connectivity index (χ4v) is 3.23. The first-order valence-electron chi connectivity index (χ1n) is 11.0. The molecule has 3 rings (SSSR count). The topological polar surface area (TPSA) is 61.4 Å². The van der Waals surface area contributed by atoms with Crippen LogP contribution >= 0.6 is 0 Å². The molecular formula is C27H29N2O4+. The summed E-state index contributed by atoms with van der Waals surface area (Å²) in [5.41, 5.74) is 4.25. The van der Waals surface area contributed by atoms with Gasteiger partial charge in [-0.2, -0.15) is 0 Å². The Morgan fingerprint density at radius 3 is 1.85 bits per heavy atom. The molecule has 0 N–H and O–H groups in total. The Kier molecular flexibility index (Phi) is 8.77. The van der Waals surface area contributed by atoms with Gasteiger partial charge in [0.1, 0.15) is 25.5 Å². The van der Waals surface area contributed by atoms with Gasteiger partial charge in [0.25, 0.3) is 0 Å². The van der Waals surface area contributed by atoms with Crippen LogP contribution in [-0.2, 0) is 32.2 Å². The standard InChI is InChI=1S/C27H29N2O4/c1-3-32-26(30)15-13-22-5-9-24(10-6-22)19-28-17-18-29(21-28)20-25-11-7-23(8-12-25)14-16-27(31)33-4-2/h5-18,21H,3-4,19-20H2,1-2H3/q+1/b15-13+,16-14+. The number of carbonyl (C=O) groups is 2. The van der Waals surface area contributed by atoms with Gasteiger partial charge in [-0.1, -0.05) is 48.5 Å². The van der Waals surface area contributed by atoms with Gasteiger partial charge >= 0.3 is 11.9 Å². The number of esters is 2.